The van der Waals surface area contributed by atoms with Gasteiger partial charge < -0.3 is 25.0 Å². The highest BCUT2D eigenvalue weighted by atomic mass is 16.5. The lowest BCUT2D eigenvalue weighted by atomic mass is 10.2. The highest BCUT2D eigenvalue weighted by Gasteiger charge is 2.16. The molecule has 3 heterocycles. The Hall–Kier alpha value is -2.12. The molecule has 140 valence electrons. The van der Waals surface area contributed by atoms with Crippen molar-refractivity contribution in [2.45, 2.75) is 19.3 Å². The van der Waals surface area contributed by atoms with Crippen molar-refractivity contribution in [2.24, 2.45) is 0 Å². The van der Waals surface area contributed by atoms with Crippen LogP contribution in [0, 0.1) is 0 Å². The Bertz CT molecular complexity index is 742. The number of nitrogens with two attached hydrogens (primary N) is 1. The Morgan fingerprint density at radius 1 is 1.08 bits per heavy atom. The summed E-state index contributed by atoms with van der Waals surface area (Å²) in [4.78, 5) is 13.8. The maximum absolute atomic E-state index is 6.15. The summed E-state index contributed by atoms with van der Waals surface area (Å²) in [7, 11) is 0. The van der Waals surface area contributed by atoms with Gasteiger partial charge >= 0.3 is 0 Å². The summed E-state index contributed by atoms with van der Waals surface area (Å²) in [5, 5.41) is 0.867. The predicted molar refractivity (Wildman–Crippen MR) is 103 cm³/mol. The Morgan fingerprint density at radius 2 is 1.88 bits per heavy atom. The van der Waals surface area contributed by atoms with Gasteiger partial charge in [0, 0.05) is 31.1 Å². The molecule has 0 aliphatic carbocycles. The van der Waals surface area contributed by atoms with Gasteiger partial charge in [-0.05, 0) is 44.5 Å². The molecule has 26 heavy (non-hydrogen) atoms. The fraction of sp³-hybridized carbons (Fsp3) is 0.579. The number of anilines is 2. The molecule has 0 bridgehead atoms. The standard InChI is InChI=1S/C19H27N5O2/c20-18-16-5-4-15(26-11-3-8-23-6-1-2-7-23)14-17(16)21-19(22-18)24-9-12-25-13-10-24/h4-5,14H,1-3,6-13H2,(H2,20,21,22). The zero-order valence-electron chi connectivity index (χ0n) is 15.2. The molecule has 0 radical (unpaired) electrons. The van der Waals surface area contributed by atoms with Gasteiger partial charge in [-0.15, -0.1) is 0 Å². The highest BCUT2D eigenvalue weighted by molar-refractivity contribution is 5.90. The Morgan fingerprint density at radius 3 is 2.69 bits per heavy atom. The lowest BCUT2D eigenvalue weighted by Crippen LogP contribution is -2.37. The second-order valence-electron chi connectivity index (χ2n) is 6.94. The largest absolute Gasteiger partial charge is 0.493 e. The van der Waals surface area contributed by atoms with Crippen LogP contribution in [0.5, 0.6) is 5.75 Å². The fourth-order valence-corrected chi connectivity index (χ4v) is 3.60. The Labute approximate surface area is 154 Å². The molecule has 2 fully saturated rings. The second-order valence-corrected chi connectivity index (χ2v) is 6.94. The maximum atomic E-state index is 6.15. The van der Waals surface area contributed by atoms with E-state index in [4.69, 9.17) is 20.2 Å². The zero-order chi connectivity index (χ0) is 17.8. The van der Waals surface area contributed by atoms with Gasteiger partial charge in [0.2, 0.25) is 5.95 Å². The molecule has 2 aliphatic rings. The third-order valence-electron chi connectivity index (χ3n) is 5.07. The third kappa shape index (κ3) is 3.99. The van der Waals surface area contributed by atoms with Gasteiger partial charge in [0.1, 0.15) is 11.6 Å². The number of nitrogen functional groups attached to an aromatic ring is 1. The molecule has 4 rings (SSSR count). The second kappa shape index (κ2) is 8.05. The molecule has 0 spiro atoms. The zero-order valence-corrected chi connectivity index (χ0v) is 15.2. The topological polar surface area (TPSA) is 76.7 Å². The SMILES string of the molecule is Nc1nc(N2CCOCC2)nc2cc(OCCCN3CCCC3)ccc12. The molecule has 0 saturated carbocycles. The maximum Gasteiger partial charge on any atom is 0.228 e. The number of hydrogen-bond acceptors (Lipinski definition) is 7. The summed E-state index contributed by atoms with van der Waals surface area (Å²) in [5.41, 5.74) is 6.98. The van der Waals surface area contributed by atoms with E-state index in [9.17, 15) is 0 Å². The van der Waals surface area contributed by atoms with Crippen molar-refractivity contribution < 1.29 is 9.47 Å². The normalized spacial score (nSPS) is 18.5. The first-order valence-corrected chi connectivity index (χ1v) is 9.55. The van der Waals surface area contributed by atoms with E-state index in [2.05, 4.69) is 14.8 Å². The summed E-state index contributed by atoms with van der Waals surface area (Å²) in [6.07, 6.45) is 3.71. The molecule has 1 aromatic carbocycles. The summed E-state index contributed by atoms with van der Waals surface area (Å²) < 4.78 is 11.3. The van der Waals surface area contributed by atoms with Gasteiger partial charge in [-0.25, -0.2) is 4.98 Å². The van der Waals surface area contributed by atoms with E-state index in [1.807, 2.05) is 18.2 Å². The summed E-state index contributed by atoms with van der Waals surface area (Å²) >= 11 is 0. The number of nitrogens with zero attached hydrogens (tertiary/aromatic N) is 4. The van der Waals surface area contributed by atoms with Gasteiger partial charge in [-0.2, -0.15) is 4.98 Å². The highest BCUT2D eigenvalue weighted by Crippen LogP contribution is 2.26. The van der Waals surface area contributed by atoms with Gasteiger partial charge in [-0.1, -0.05) is 0 Å². The lowest BCUT2D eigenvalue weighted by Gasteiger charge is -2.27. The molecular weight excluding hydrogens is 330 g/mol. The first-order valence-electron chi connectivity index (χ1n) is 9.55. The van der Waals surface area contributed by atoms with Gasteiger partial charge in [0.15, 0.2) is 0 Å². The third-order valence-corrected chi connectivity index (χ3v) is 5.07. The van der Waals surface area contributed by atoms with Gasteiger partial charge in [0.05, 0.1) is 25.3 Å². The first kappa shape index (κ1) is 17.3. The summed E-state index contributed by atoms with van der Waals surface area (Å²) in [5.74, 6) is 2.02. The van der Waals surface area contributed by atoms with Crippen LogP contribution in [0.4, 0.5) is 11.8 Å². The number of ether oxygens (including phenoxy) is 2. The minimum absolute atomic E-state index is 0.511. The quantitative estimate of drug-likeness (QED) is 0.791. The van der Waals surface area contributed by atoms with Crippen LogP contribution in [0.1, 0.15) is 19.3 Å². The van der Waals surface area contributed by atoms with Crippen molar-refractivity contribution in [2.75, 3.05) is 63.2 Å². The van der Waals surface area contributed by atoms with Gasteiger partial charge in [0.25, 0.3) is 0 Å². The number of morpholine rings is 1. The number of benzene rings is 1. The molecule has 0 unspecified atom stereocenters. The van der Waals surface area contributed by atoms with E-state index in [-0.39, 0.29) is 0 Å². The van der Waals surface area contributed by atoms with Crippen LogP contribution in [0.2, 0.25) is 0 Å². The average molecular weight is 357 g/mol. The van der Waals surface area contributed by atoms with E-state index >= 15 is 0 Å². The van der Waals surface area contributed by atoms with Crippen LogP contribution >= 0.6 is 0 Å². The molecule has 7 heteroatoms. The minimum Gasteiger partial charge on any atom is -0.493 e. The van der Waals surface area contributed by atoms with Crippen LogP contribution in [-0.2, 0) is 4.74 Å². The average Bonchev–Trinajstić information content (AvgIpc) is 3.19. The van der Waals surface area contributed by atoms with E-state index in [1.165, 1.54) is 25.9 Å². The van der Waals surface area contributed by atoms with Crippen LogP contribution in [0.25, 0.3) is 10.9 Å². The van der Waals surface area contributed by atoms with Gasteiger partial charge in [-0.3, -0.25) is 0 Å². The first-order chi connectivity index (χ1) is 12.8. The molecule has 2 saturated heterocycles. The molecule has 2 aromatic rings. The van der Waals surface area contributed by atoms with Crippen molar-refractivity contribution in [1.82, 2.24) is 14.9 Å². The van der Waals surface area contributed by atoms with E-state index in [0.29, 0.717) is 25.0 Å². The smallest absolute Gasteiger partial charge is 0.228 e. The van der Waals surface area contributed by atoms with Crippen molar-refractivity contribution in [3.05, 3.63) is 18.2 Å². The van der Waals surface area contributed by atoms with Crippen molar-refractivity contribution in [1.29, 1.82) is 0 Å². The Balaban J connectivity index is 1.42. The fourth-order valence-electron chi connectivity index (χ4n) is 3.60. The Kier molecular flexibility index (Phi) is 5.36. The number of likely N-dealkylation sites (tertiary alicyclic amines) is 1. The minimum atomic E-state index is 0.511. The molecule has 1 aromatic heterocycles. The molecule has 2 aliphatic heterocycles. The number of aromatic nitrogens is 2. The lowest BCUT2D eigenvalue weighted by molar-refractivity contribution is 0.122. The van der Waals surface area contributed by atoms with Crippen molar-refractivity contribution in [3.63, 3.8) is 0 Å². The van der Waals surface area contributed by atoms with E-state index < -0.39 is 0 Å². The number of rotatable bonds is 6. The van der Waals surface area contributed by atoms with Crippen LogP contribution in [0.15, 0.2) is 18.2 Å². The molecular formula is C19H27N5O2. The monoisotopic (exact) mass is 357 g/mol. The number of fused-ring (bicyclic) bond motifs is 1. The predicted octanol–water partition coefficient (Wildman–Crippen LogP) is 1.91. The van der Waals surface area contributed by atoms with Crippen LogP contribution in [-0.4, -0.2) is 67.4 Å². The summed E-state index contributed by atoms with van der Waals surface area (Å²) in [6, 6.07) is 5.86. The van der Waals surface area contributed by atoms with Crippen molar-refractivity contribution >= 4 is 22.7 Å². The van der Waals surface area contributed by atoms with Crippen LogP contribution in [0.3, 0.4) is 0 Å². The molecule has 0 atom stereocenters. The van der Waals surface area contributed by atoms with Crippen molar-refractivity contribution in [3.8, 4) is 5.75 Å². The molecule has 2 N–H and O–H groups in total. The van der Waals surface area contributed by atoms with E-state index in [0.717, 1.165) is 49.3 Å². The van der Waals surface area contributed by atoms with E-state index in [1.54, 1.807) is 0 Å². The van der Waals surface area contributed by atoms with Crippen LogP contribution < -0.4 is 15.4 Å². The molecule has 7 nitrogen and oxygen atoms in total. The summed E-state index contributed by atoms with van der Waals surface area (Å²) in [6.45, 7) is 7.27. The number of hydrogen-bond donors (Lipinski definition) is 1. The molecule has 0 amide bonds.